The van der Waals surface area contributed by atoms with E-state index in [1.165, 1.54) is 16.8 Å². The van der Waals surface area contributed by atoms with E-state index in [9.17, 15) is 4.79 Å². The van der Waals surface area contributed by atoms with E-state index >= 15 is 0 Å². The Hall–Kier alpha value is -2.57. The zero-order chi connectivity index (χ0) is 17.2. The van der Waals surface area contributed by atoms with Crippen molar-refractivity contribution in [1.82, 2.24) is 5.01 Å². The molecule has 6 heteroatoms. The molecule has 2 aliphatic heterocycles. The third kappa shape index (κ3) is 3.31. The molecule has 0 aliphatic carbocycles. The van der Waals surface area contributed by atoms with E-state index < -0.39 is 0 Å². The molecule has 0 saturated carbocycles. The van der Waals surface area contributed by atoms with Gasteiger partial charge >= 0.3 is 0 Å². The van der Waals surface area contributed by atoms with Crippen LogP contribution < -0.4 is 10.2 Å². The van der Waals surface area contributed by atoms with Gasteiger partial charge in [0.05, 0.1) is 10.6 Å². The van der Waals surface area contributed by atoms with Crippen LogP contribution in [0, 0.1) is 0 Å². The van der Waals surface area contributed by atoms with Gasteiger partial charge in [0.25, 0.3) is 5.91 Å². The molecule has 1 saturated heterocycles. The first kappa shape index (κ1) is 15.9. The first-order valence-corrected chi connectivity index (χ1v) is 8.95. The molecule has 0 atom stereocenters. The molecule has 1 amide bonds. The maximum absolute atomic E-state index is 12.7. The lowest BCUT2D eigenvalue weighted by atomic mass is 10.1. The van der Waals surface area contributed by atoms with Crippen LogP contribution in [-0.2, 0) is 4.79 Å². The number of rotatable bonds is 3. The second-order valence-corrected chi connectivity index (χ2v) is 7.22. The molecule has 25 heavy (non-hydrogen) atoms. The average Bonchev–Trinajstić information content (AvgIpc) is 2.90. The number of hydrogen-bond acceptors (Lipinski definition) is 5. The number of hydrogen-bond donors (Lipinski definition) is 1. The molecule has 2 aromatic rings. The molecular formula is C19H14N2O2S2. The van der Waals surface area contributed by atoms with E-state index in [2.05, 4.69) is 5.43 Å². The fraction of sp³-hybridized carbons (Fsp3) is 0.0526. The number of thioether (sulfide) groups is 1. The number of benzene rings is 2. The first-order chi connectivity index (χ1) is 12.2. The summed E-state index contributed by atoms with van der Waals surface area (Å²) in [5.41, 5.74) is 5.82. The standard InChI is InChI=1S/C19H14N2O2S2/c22-18-17(11-13-10-14-6-4-5-9-16(14)23-12-13)25-19(24)21(18)20-15-7-2-1-3-8-15/h1-11,20H,12H2/b17-11-. The van der Waals surface area contributed by atoms with Crippen molar-refractivity contribution < 1.29 is 9.53 Å². The van der Waals surface area contributed by atoms with Gasteiger partial charge in [-0.3, -0.25) is 10.2 Å². The number of anilines is 1. The lowest BCUT2D eigenvalue weighted by Gasteiger charge is -2.17. The summed E-state index contributed by atoms with van der Waals surface area (Å²) in [5.74, 6) is 0.705. The number of carbonyl (C=O) groups excluding carboxylic acids is 1. The average molecular weight is 366 g/mol. The van der Waals surface area contributed by atoms with E-state index in [1.54, 1.807) is 0 Å². The second-order valence-electron chi connectivity index (χ2n) is 5.54. The minimum absolute atomic E-state index is 0.154. The van der Waals surface area contributed by atoms with Gasteiger partial charge in [-0.1, -0.05) is 48.2 Å². The van der Waals surface area contributed by atoms with E-state index in [-0.39, 0.29) is 5.91 Å². The van der Waals surface area contributed by atoms with E-state index in [0.717, 1.165) is 22.6 Å². The van der Waals surface area contributed by atoms with Crippen molar-refractivity contribution >= 4 is 46.0 Å². The summed E-state index contributed by atoms with van der Waals surface area (Å²) in [4.78, 5) is 13.2. The Bertz CT molecular complexity index is 907. The monoisotopic (exact) mass is 366 g/mol. The Morgan fingerprint density at radius 3 is 2.72 bits per heavy atom. The molecular weight excluding hydrogens is 352 g/mol. The number of carbonyl (C=O) groups is 1. The van der Waals surface area contributed by atoms with Crippen LogP contribution in [0.3, 0.4) is 0 Å². The van der Waals surface area contributed by atoms with Crippen LogP contribution in [0.1, 0.15) is 5.56 Å². The zero-order valence-corrected chi connectivity index (χ0v) is 14.8. The van der Waals surface area contributed by atoms with Crippen LogP contribution >= 0.6 is 24.0 Å². The van der Waals surface area contributed by atoms with Crippen LogP contribution in [0.15, 0.2) is 71.2 Å². The Morgan fingerprint density at radius 2 is 1.88 bits per heavy atom. The van der Waals surface area contributed by atoms with E-state index in [0.29, 0.717) is 15.8 Å². The third-order valence-corrected chi connectivity index (χ3v) is 5.08. The number of nitrogens with zero attached hydrogens (tertiary/aromatic N) is 1. The number of thiocarbonyl (C=S) groups is 1. The number of ether oxygens (including phenoxy) is 1. The molecule has 124 valence electrons. The Morgan fingerprint density at radius 1 is 1.12 bits per heavy atom. The van der Waals surface area contributed by atoms with Gasteiger partial charge in [-0.15, -0.1) is 0 Å². The molecule has 0 bridgehead atoms. The fourth-order valence-electron chi connectivity index (χ4n) is 2.59. The molecule has 4 nitrogen and oxygen atoms in total. The van der Waals surface area contributed by atoms with Crippen molar-refractivity contribution in [2.75, 3.05) is 12.0 Å². The second kappa shape index (κ2) is 6.74. The summed E-state index contributed by atoms with van der Waals surface area (Å²) in [7, 11) is 0. The van der Waals surface area contributed by atoms with Crippen LogP contribution in [0.2, 0.25) is 0 Å². The summed E-state index contributed by atoms with van der Waals surface area (Å²) in [6.07, 6.45) is 3.89. The summed E-state index contributed by atoms with van der Waals surface area (Å²) in [6.45, 7) is 0.438. The van der Waals surface area contributed by atoms with Crippen molar-refractivity contribution in [3.63, 3.8) is 0 Å². The Kier molecular flexibility index (Phi) is 4.29. The summed E-state index contributed by atoms with van der Waals surface area (Å²) in [6, 6.07) is 17.3. The summed E-state index contributed by atoms with van der Waals surface area (Å²) >= 11 is 6.62. The largest absolute Gasteiger partial charge is 0.488 e. The molecule has 0 radical (unpaired) electrons. The highest BCUT2D eigenvalue weighted by Gasteiger charge is 2.32. The number of amides is 1. The molecule has 0 aromatic heterocycles. The van der Waals surface area contributed by atoms with Gasteiger partial charge in [0.1, 0.15) is 12.4 Å². The number of fused-ring (bicyclic) bond motifs is 1. The van der Waals surface area contributed by atoms with Gasteiger partial charge in [0.15, 0.2) is 4.32 Å². The number of nitrogens with one attached hydrogen (secondary N) is 1. The van der Waals surface area contributed by atoms with Gasteiger partial charge in [-0.2, -0.15) is 0 Å². The molecule has 1 fully saturated rings. The predicted octanol–water partition coefficient (Wildman–Crippen LogP) is 4.23. The SMILES string of the molecule is O=C1/C(=C/C2=Cc3ccccc3OC2)SC(=S)N1Nc1ccccc1. The molecule has 2 aliphatic rings. The van der Waals surface area contributed by atoms with Crippen LogP contribution in [0.25, 0.3) is 6.08 Å². The van der Waals surface area contributed by atoms with Crippen molar-refractivity contribution in [2.24, 2.45) is 0 Å². The highest BCUT2D eigenvalue weighted by atomic mass is 32.2. The normalized spacial score (nSPS) is 18.0. The Balaban J connectivity index is 1.56. The highest BCUT2D eigenvalue weighted by Crippen LogP contribution is 2.34. The van der Waals surface area contributed by atoms with Crippen LogP contribution in [0.5, 0.6) is 5.75 Å². The van der Waals surface area contributed by atoms with Crippen LogP contribution in [0.4, 0.5) is 5.69 Å². The van der Waals surface area contributed by atoms with Gasteiger partial charge in [-0.05, 0) is 48.1 Å². The smallest absolute Gasteiger partial charge is 0.285 e. The van der Waals surface area contributed by atoms with Crippen LogP contribution in [-0.4, -0.2) is 21.8 Å². The fourth-order valence-corrected chi connectivity index (χ4v) is 3.79. The molecule has 0 spiro atoms. The third-order valence-electron chi connectivity index (χ3n) is 3.78. The first-order valence-electron chi connectivity index (χ1n) is 7.73. The van der Waals surface area contributed by atoms with Crippen molar-refractivity contribution in [2.45, 2.75) is 0 Å². The van der Waals surface area contributed by atoms with E-state index in [1.807, 2.05) is 66.7 Å². The lowest BCUT2D eigenvalue weighted by molar-refractivity contribution is -0.121. The minimum Gasteiger partial charge on any atom is -0.488 e. The maximum atomic E-state index is 12.7. The van der Waals surface area contributed by atoms with Gasteiger partial charge in [0.2, 0.25) is 0 Å². The minimum atomic E-state index is -0.154. The van der Waals surface area contributed by atoms with Gasteiger partial charge in [-0.25, -0.2) is 5.01 Å². The van der Waals surface area contributed by atoms with Gasteiger partial charge < -0.3 is 4.74 Å². The van der Waals surface area contributed by atoms with E-state index in [4.69, 9.17) is 17.0 Å². The summed E-state index contributed by atoms with van der Waals surface area (Å²) < 4.78 is 6.22. The quantitative estimate of drug-likeness (QED) is 0.650. The maximum Gasteiger partial charge on any atom is 0.285 e. The Labute approximate surface area is 155 Å². The lowest BCUT2D eigenvalue weighted by Crippen LogP contribution is -2.33. The molecule has 1 N–H and O–H groups in total. The predicted molar refractivity (Wildman–Crippen MR) is 105 cm³/mol. The molecule has 2 heterocycles. The topological polar surface area (TPSA) is 41.6 Å². The highest BCUT2D eigenvalue weighted by molar-refractivity contribution is 8.26. The number of para-hydroxylation sites is 2. The molecule has 2 aromatic carbocycles. The van der Waals surface area contributed by atoms with Crippen molar-refractivity contribution in [1.29, 1.82) is 0 Å². The van der Waals surface area contributed by atoms with Gasteiger partial charge in [0, 0.05) is 5.56 Å². The molecule has 4 rings (SSSR count). The van der Waals surface area contributed by atoms with Crippen molar-refractivity contribution in [3.05, 3.63) is 76.7 Å². The summed E-state index contributed by atoms with van der Waals surface area (Å²) in [5, 5.41) is 1.40. The molecule has 0 unspecified atom stereocenters. The zero-order valence-electron chi connectivity index (χ0n) is 13.1. The number of hydrazine groups is 1. The van der Waals surface area contributed by atoms with Crippen molar-refractivity contribution in [3.8, 4) is 5.75 Å².